The molecule has 4 aliphatic rings. The van der Waals surface area contributed by atoms with Crippen LogP contribution in [0.15, 0.2) is 58.4 Å². The van der Waals surface area contributed by atoms with Gasteiger partial charge in [-0.05, 0) is 59.9 Å². The number of hydrogen-bond donors (Lipinski definition) is 1. The van der Waals surface area contributed by atoms with Gasteiger partial charge in [-0.2, -0.15) is 0 Å². The van der Waals surface area contributed by atoms with Crippen molar-refractivity contribution < 1.29 is 19.1 Å². The van der Waals surface area contributed by atoms with E-state index in [4.69, 9.17) is 9.47 Å². The van der Waals surface area contributed by atoms with E-state index in [2.05, 4.69) is 24.9 Å². The van der Waals surface area contributed by atoms with Gasteiger partial charge in [0.25, 0.3) is 0 Å². The standard InChI is InChI=1S/C30H30N2O5S2/c1-14(2)13-37-19-10-9-15(11-20(19)36-3)21-22-17-12-18(25(22)38-27-26(21)39-30(35)31-27)24-23(17)28(33)32(29(24)34)16-7-5-4-6-8-16/h4-11,14,17-18,21-25H,12-13H2,1-3H3,(H,31,35)/t17?,18?,21-,22?,23?,24?,25?/m1/s1. The van der Waals surface area contributed by atoms with Crippen molar-refractivity contribution in [1.82, 2.24) is 4.98 Å². The highest BCUT2D eigenvalue weighted by Crippen LogP contribution is 2.68. The van der Waals surface area contributed by atoms with Crippen LogP contribution in [0.25, 0.3) is 0 Å². The van der Waals surface area contributed by atoms with Crippen molar-refractivity contribution in [2.24, 2.45) is 35.5 Å². The molecule has 9 heteroatoms. The van der Waals surface area contributed by atoms with Gasteiger partial charge < -0.3 is 14.5 Å². The van der Waals surface area contributed by atoms with Gasteiger partial charge in [-0.3, -0.25) is 19.3 Å². The second-order valence-corrected chi connectivity index (χ2v) is 13.6. The van der Waals surface area contributed by atoms with Gasteiger partial charge in [0.15, 0.2) is 11.5 Å². The van der Waals surface area contributed by atoms with Crippen LogP contribution in [0.1, 0.15) is 36.6 Å². The first-order valence-electron chi connectivity index (χ1n) is 13.5. The van der Waals surface area contributed by atoms with Crippen molar-refractivity contribution in [2.75, 3.05) is 18.6 Å². The number of carbonyl (C=O) groups is 2. The molecule has 2 amide bonds. The Morgan fingerprint density at radius 3 is 2.46 bits per heavy atom. The number of imide groups is 1. The molecular formula is C30H30N2O5S2. The molecule has 2 aliphatic carbocycles. The molecule has 1 N–H and O–H groups in total. The van der Waals surface area contributed by atoms with E-state index in [9.17, 15) is 14.4 Å². The summed E-state index contributed by atoms with van der Waals surface area (Å²) in [7, 11) is 1.64. The number of carbonyl (C=O) groups excluding carboxylic acids is 2. The number of H-pyrrole nitrogens is 1. The minimum Gasteiger partial charge on any atom is -0.493 e. The minimum atomic E-state index is -0.320. The van der Waals surface area contributed by atoms with Gasteiger partial charge in [0.2, 0.25) is 11.8 Å². The number of thioether (sulfide) groups is 1. The topological polar surface area (TPSA) is 88.7 Å². The Labute approximate surface area is 234 Å². The number of anilines is 1. The van der Waals surface area contributed by atoms with E-state index in [-0.39, 0.29) is 57.4 Å². The lowest BCUT2D eigenvalue weighted by Crippen LogP contribution is -2.42. The molecule has 0 spiro atoms. The van der Waals surface area contributed by atoms with E-state index < -0.39 is 0 Å². The van der Waals surface area contributed by atoms with E-state index in [1.54, 1.807) is 18.9 Å². The maximum Gasteiger partial charge on any atom is 0.305 e. The Morgan fingerprint density at radius 2 is 1.74 bits per heavy atom. The molecule has 3 aromatic rings. The Balaban J connectivity index is 1.29. The van der Waals surface area contributed by atoms with Crippen LogP contribution in [0.2, 0.25) is 0 Å². The summed E-state index contributed by atoms with van der Waals surface area (Å²) in [5.41, 5.74) is 1.70. The number of nitrogens with one attached hydrogen (secondary N) is 1. The first-order chi connectivity index (χ1) is 18.9. The second kappa shape index (κ2) is 9.27. The second-order valence-electron chi connectivity index (χ2n) is 11.4. The molecule has 1 saturated heterocycles. The molecule has 39 heavy (non-hydrogen) atoms. The molecule has 7 atom stereocenters. The molecule has 1 aromatic heterocycles. The van der Waals surface area contributed by atoms with Crippen LogP contribution in [0, 0.1) is 35.5 Å². The highest BCUT2D eigenvalue weighted by Gasteiger charge is 2.69. The number of ether oxygens (including phenoxy) is 2. The first-order valence-corrected chi connectivity index (χ1v) is 15.2. The summed E-state index contributed by atoms with van der Waals surface area (Å²) < 4.78 is 11.7. The molecule has 6 unspecified atom stereocenters. The molecule has 2 aliphatic heterocycles. The van der Waals surface area contributed by atoms with Gasteiger partial charge in [-0.25, -0.2) is 0 Å². The van der Waals surface area contributed by atoms with Gasteiger partial charge in [0.05, 0.1) is 36.3 Å². The van der Waals surface area contributed by atoms with Gasteiger partial charge in [0.1, 0.15) is 0 Å². The van der Waals surface area contributed by atoms with Crippen LogP contribution in [0.3, 0.4) is 0 Å². The van der Waals surface area contributed by atoms with E-state index in [1.807, 2.05) is 42.5 Å². The molecule has 7 rings (SSSR count). The van der Waals surface area contributed by atoms with Crippen molar-refractivity contribution in [3.8, 4) is 11.5 Å². The molecule has 2 bridgehead atoms. The highest BCUT2D eigenvalue weighted by atomic mass is 32.2. The number of nitrogens with zero attached hydrogens (tertiary/aromatic N) is 1. The zero-order valence-corrected chi connectivity index (χ0v) is 23.6. The van der Waals surface area contributed by atoms with Gasteiger partial charge >= 0.3 is 4.87 Å². The minimum absolute atomic E-state index is 0.0622. The number of benzene rings is 2. The van der Waals surface area contributed by atoms with E-state index >= 15 is 0 Å². The number of thiazole rings is 1. The van der Waals surface area contributed by atoms with Crippen molar-refractivity contribution in [3.63, 3.8) is 0 Å². The predicted octanol–water partition coefficient (Wildman–Crippen LogP) is 5.16. The molecule has 2 saturated carbocycles. The summed E-state index contributed by atoms with van der Waals surface area (Å²) in [6.07, 6.45) is 0.861. The fraction of sp³-hybridized carbons (Fsp3) is 0.433. The summed E-state index contributed by atoms with van der Waals surface area (Å²) in [5.74, 6) is 1.21. The molecule has 2 aromatic carbocycles. The normalized spacial score (nSPS) is 30.5. The van der Waals surface area contributed by atoms with Crippen LogP contribution in [0.4, 0.5) is 5.69 Å². The zero-order valence-electron chi connectivity index (χ0n) is 22.0. The summed E-state index contributed by atoms with van der Waals surface area (Å²) in [5, 5.41) is 1.05. The molecular weight excluding hydrogens is 532 g/mol. The number of aromatic nitrogens is 1. The third-order valence-electron chi connectivity index (χ3n) is 8.86. The first kappa shape index (κ1) is 25.0. The van der Waals surface area contributed by atoms with Gasteiger partial charge in [-0.15, -0.1) is 11.8 Å². The van der Waals surface area contributed by atoms with Crippen LogP contribution in [0.5, 0.6) is 11.5 Å². The molecule has 3 fully saturated rings. The van der Waals surface area contributed by atoms with E-state index in [1.165, 1.54) is 16.2 Å². The monoisotopic (exact) mass is 562 g/mol. The number of aromatic amines is 1. The van der Waals surface area contributed by atoms with Crippen LogP contribution in [-0.4, -0.2) is 35.8 Å². The van der Waals surface area contributed by atoms with E-state index in [0.29, 0.717) is 29.7 Å². The van der Waals surface area contributed by atoms with Crippen molar-refractivity contribution in [1.29, 1.82) is 0 Å². The third-order valence-corrected chi connectivity index (χ3v) is 11.4. The average Bonchev–Trinajstić information content (AvgIpc) is 3.66. The molecule has 202 valence electrons. The summed E-state index contributed by atoms with van der Waals surface area (Å²) >= 11 is 2.96. The largest absolute Gasteiger partial charge is 0.493 e. The fourth-order valence-electron chi connectivity index (χ4n) is 7.47. The van der Waals surface area contributed by atoms with Gasteiger partial charge in [-0.1, -0.05) is 49.4 Å². The Hall–Kier alpha value is -3.04. The fourth-order valence-corrected chi connectivity index (χ4v) is 10.4. The number of para-hydroxylation sites is 1. The number of hydrogen-bond acceptors (Lipinski definition) is 7. The lowest BCUT2D eigenvalue weighted by atomic mass is 9.68. The lowest BCUT2D eigenvalue weighted by molar-refractivity contribution is -0.123. The maximum absolute atomic E-state index is 13.8. The summed E-state index contributed by atoms with van der Waals surface area (Å²) in [6.45, 7) is 4.80. The third kappa shape index (κ3) is 3.73. The van der Waals surface area contributed by atoms with E-state index in [0.717, 1.165) is 21.9 Å². The Morgan fingerprint density at radius 1 is 1.00 bits per heavy atom. The molecule has 3 heterocycles. The Bertz CT molecular complexity index is 1510. The SMILES string of the molecule is COc1cc([C@H]2c3sc(=O)[nH]c3SC3C4CC(C5C(=O)N(c6ccccc6)C(=O)C45)C32)ccc1OCC(C)C. The quantitative estimate of drug-likeness (QED) is 0.418. The summed E-state index contributed by atoms with van der Waals surface area (Å²) in [4.78, 5) is 45.5. The smallest absolute Gasteiger partial charge is 0.305 e. The maximum atomic E-state index is 13.8. The van der Waals surface area contributed by atoms with Crippen molar-refractivity contribution >= 4 is 40.6 Å². The average molecular weight is 563 g/mol. The van der Waals surface area contributed by atoms with Crippen LogP contribution >= 0.6 is 23.1 Å². The number of amides is 2. The number of fused-ring (bicyclic) bond motifs is 9. The lowest BCUT2D eigenvalue weighted by Gasteiger charge is -2.43. The highest BCUT2D eigenvalue weighted by molar-refractivity contribution is 8.00. The van der Waals surface area contributed by atoms with Gasteiger partial charge in [0, 0.05) is 16.0 Å². The Kier molecular flexibility index (Phi) is 5.93. The number of rotatable bonds is 6. The molecule has 0 radical (unpaired) electrons. The van der Waals surface area contributed by atoms with Crippen molar-refractivity contribution in [3.05, 3.63) is 68.6 Å². The summed E-state index contributed by atoms with van der Waals surface area (Å²) in [6, 6.07) is 15.3. The number of methoxy groups -OCH3 is 1. The van der Waals surface area contributed by atoms with Crippen LogP contribution in [-0.2, 0) is 9.59 Å². The predicted molar refractivity (Wildman–Crippen MR) is 151 cm³/mol. The molecule has 7 nitrogen and oxygen atoms in total. The van der Waals surface area contributed by atoms with Crippen LogP contribution < -0.4 is 19.2 Å². The zero-order chi connectivity index (χ0) is 27.0. The van der Waals surface area contributed by atoms with Crippen molar-refractivity contribution in [2.45, 2.75) is 36.5 Å².